The summed E-state index contributed by atoms with van der Waals surface area (Å²) in [6.07, 6.45) is 0. The molecule has 0 amide bonds. The van der Waals surface area contributed by atoms with Crippen LogP contribution < -0.4 is 5.73 Å². The molecule has 0 unspecified atom stereocenters. The van der Waals surface area contributed by atoms with Crippen LogP contribution in [0.15, 0.2) is 10.5 Å². The average molecular weight is 167 g/mol. The molecule has 0 aliphatic carbocycles. The maximum atomic E-state index is 5.59. The normalized spacial score (nSPS) is 12.1. The highest BCUT2D eigenvalue weighted by atomic mass is 16.3. The van der Waals surface area contributed by atoms with Crippen molar-refractivity contribution in [3.63, 3.8) is 0 Å². The van der Waals surface area contributed by atoms with Crippen molar-refractivity contribution in [2.75, 3.05) is 0 Å². The van der Waals surface area contributed by atoms with Gasteiger partial charge >= 0.3 is 0 Å². The molecule has 2 nitrogen and oxygen atoms in total. The van der Waals surface area contributed by atoms with E-state index in [0.29, 0.717) is 6.54 Å². The van der Waals surface area contributed by atoms with E-state index in [4.69, 9.17) is 10.2 Å². The summed E-state index contributed by atoms with van der Waals surface area (Å²) in [5, 5.41) is 0. The quantitative estimate of drug-likeness (QED) is 0.697. The Hall–Kier alpha value is -0.760. The van der Waals surface area contributed by atoms with Gasteiger partial charge in [0.1, 0.15) is 11.5 Å². The molecular formula is C10H17NO. The first-order valence-electron chi connectivity index (χ1n) is 4.25. The van der Waals surface area contributed by atoms with Crippen molar-refractivity contribution in [1.29, 1.82) is 0 Å². The molecule has 0 saturated carbocycles. The van der Waals surface area contributed by atoms with E-state index >= 15 is 0 Å². The fraction of sp³-hybridized carbons (Fsp3) is 0.600. The van der Waals surface area contributed by atoms with Gasteiger partial charge in [0, 0.05) is 17.5 Å². The Labute approximate surface area is 73.8 Å². The van der Waals surface area contributed by atoms with E-state index in [2.05, 4.69) is 26.8 Å². The zero-order valence-electron chi connectivity index (χ0n) is 8.27. The topological polar surface area (TPSA) is 39.2 Å². The third-order valence-electron chi connectivity index (χ3n) is 1.98. The van der Waals surface area contributed by atoms with Crippen molar-refractivity contribution in [2.24, 2.45) is 5.73 Å². The molecule has 2 N–H and O–H groups in total. The van der Waals surface area contributed by atoms with E-state index in [9.17, 15) is 0 Å². The average Bonchev–Trinajstić information content (AvgIpc) is 2.29. The fourth-order valence-corrected chi connectivity index (χ4v) is 1.09. The number of furan rings is 1. The molecule has 2 heteroatoms. The predicted octanol–water partition coefficient (Wildman–Crippen LogP) is 2.34. The van der Waals surface area contributed by atoms with E-state index in [1.54, 1.807) is 0 Å². The predicted molar refractivity (Wildman–Crippen MR) is 50.0 cm³/mol. The number of aryl methyl sites for hydroxylation is 1. The Bertz CT molecular complexity index is 268. The molecule has 0 aliphatic rings. The van der Waals surface area contributed by atoms with Gasteiger partial charge in [-0.25, -0.2) is 0 Å². The van der Waals surface area contributed by atoms with E-state index in [-0.39, 0.29) is 5.41 Å². The number of nitrogens with two attached hydrogens (primary N) is 1. The molecule has 1 heterocycles. The summed E-state index contributed by atoms with van der Waals surface area (Å²) >= 11 is 0. The van der Waals surface area contributed by atoms with Crippen LogP contribution in [-0.4, -0.2) is 0 Å². The smallest absolute Gasteiger partial charge is 0.109 e. The monoisotopic (exact) mass is 167 g/mol. The van der Waals surface area contributed by atoms with Crippen LogP contribution in [0.1, 0.15) is 37.9 Å². The largest absolute Gasteiger partial charge is 0.465 e. The highest BCUT2D eigenvalue weighted by Gasteiger charge is 2.19. The summed E-state index contributed by atoms with van der Waals surface area (Å²) in [5.41, 5.74) is 6.74. The third kappa shape index (κ3) is 1.69. The third-order valence-corrected chi connectivity index (χ3v) is 1.98. The number of hydrogen-bond donors (Lipinski definition) is 1. The van der Waals surface area contributed by atoms with Gasteiger partial charge < -0.3 is 10.2 Å². The Morgan fingerprint density at radius 1 is 1.42 bits per heavy atom. The summed E-state index contributed by atoms with van der Waals surface area (Å²) < 4.78 is 5.59. The van der Waals surface area contributed by atoms with Gasteiger partial charge in [0.25, 0.3) is 0 Å². The van der Waals surface area contributed by atoms with Crippen LogP contribution >= 0.6 is 0 Å². The first-order chi connectivity index (χ1) is 5.45. The van der Waals surface area contributed by atoms with Crippen LogP contribution in [0, 0.1) is 6.92 Å². The summed E-state index contributed by atoms with van der Waals surface area (Å²) in [7, 11) is 0. The van der Waals surface area contributed by atoms with Gasteiger partial charge in [0.05, 0.1) is 0 Å². The zero-order valence-corrected chi connectivity index (χ0v) is 8.27. The van der Waals surface area contributed by atoms with E-state index < -0.39 is 0 Å². The molecule has 68 valence electrons. The maximum absolute atomic E-state index is 5.59. The highest BCUT2D eigenvalue weighted by Crippen LogP contribution is 2.26. The summed E-state index contributed by atoms with van der Waals surface area (Å²) in [5.74, 6) is 1.96. The SMILES string of the molecule is Cc1oc(C(C)(C)C)cc1CN. The molecule has 0 radical (unpaired) electrons. The summed E-state index contributed by atoms with van der Waals surface area (Å²) in [4.78, 5) is 0. The van der Waals surface area contributed by atoms with Crippen molar-refractivity contribution in [3.05, 3.63) is 23.2 Å². The molecule has 0 saturated heterocycles. The Morgan fingerprint density at radius 3 is 2.25 bits per heavy atom. The van der Waals surface area contributed by atoms with Gasteiger partial charge in [-0.05, 0) is 13.0 Å². The van der Waals surface area contributed by atoms with Crippen molar-refractivity contribution in [3.8, 4) is 0 Å². The lowest BCUT2D eigenvalue weighted by molar-refractivity contribution is 0.395. The van der Waals surface area contributed by atoms with Gasteiger partial charge in [-0.3, -0.25) is 0 Å². The fourth-order valence-electron chi connectivity index (χ4n) is 1.09. The van der Waals surface area contributed by atoms with Gasteiger partial charge in [-0.15, -0.1) is 0 Å². The van der Waals surface area contributed by atoms with Crippen molar-refractivity contribution >= 4 is 0 Å². The van der Waals surface area contributed by atoms with Crippen molar-refractivity contribution in [2.45, 2.75) is 39.7 Å². The zero-order chi connectivity index (χ0) is 9.35. The second kappa shape index (κ2) is 2.94. The number of rotatable bonds is 1. The van der Waals surface area contributed by atoms with E-state index in [1.165, 1.54) is 0 Å². The second-order valence-electron chi connectivity index (χ2n) is 4.15. The van der Waals surface area contributed by atoms with Crippen LogP contribution in [0.5, 0.6) is 0 Å². The van der Waals surface area contributed by atoms with E-state index in [1.807, 2.05) is 6.92 Å². The second-order valence-corrected chi connectivity index (χ2v) is 4.15. The lowest BCUT2D eigenvalue weighted by atomic mass is 9.93. The Kier molecular flexibility index (Phi) is 2.29. The van der Waals surface area contributed by atoms with Crippen LogP contribution in [0.3, 0.4) is 0 Å². The van der Waals surface area contributed by atoms with Crippen LogP contribution in [0.4, 0.5) is 0 Å². The first kappa shape index (κ1) is 9.33. The van der Waals surface area contributed by atoms with E-state index in [0.717, 1.165) is 17.1 Å². The van der Waals surface area contributed by atoms with Gasteiger partial charge in [0.15, 0.2) is 0 Å². The summed E-state index contributed by atoms with van der Waals surface area (Å²) in [6, 6.07) is 2.05. The molecule has 1 rings (SSSR count). The van der Waals surface area contributed by atoms with Crippen molar-refractivity contribution in [1.82, 2.24) is 0 Å². The van der Waals surface area contributed by atoms with Crippen LogP contribution in [-0.2, 0) is 12.0 Å². The van der Waals surface area contributed by atoms with Crippen LogP contribution in [0.2, 0.25) is 0 Å². The Morgan fingerprint density at radius 2 is 2.00 bits per heavy atom. The molecule has 0 aliphatic heterocycles. The molecule has 0 bridgehead atoms. The minimum absolute atomic E-state index is 0.0815. The molecule has 1 aromatic rings. The molecule has 1 aromatic heterocycles. The highest BCUT2D eigenvalue weighted by molar-refractivity contribution is 5.24. The molecule has 0 aromatic carbocycles. The van der Waals surface area contributed by atoms with Gasteiger partial charge in [0.2, 0.25) is 0 Å². The van der Waals surface area contributed by atoms with Gasteiger partial charge in [-0.1, -0.05) is 20.8 Å². The van der Waals surface area contributed by atoms with Gasteiger partial charge in [-0.2, -0.15) is 0 Å². The molecule has 0 spiro atoms. The molecule has 0 atom stereocenters. The molecular weight excluding hydrogens is 150 g/mol. The minimum Gasteiger partial charge on any atom is -0.465 e. The minimum atomic E-state index is 0.0815. The Balaban J connectivity index is 3.05. The van der Waals surface area contributed by atoms with Crippen molar-refractivity contribution < 1.29 is 4.42 Å². The maximum Gasteiger partial charge on any atom is 0.109 e. The first-order valence-corrected chi connectivity index (χ1v) is 4.25. The summed E-state index contributed by atoms with van der Waals surface area (Å²) in [6.45, 7) is 8.91. The lowest BCUT2D eigenvalue weighted by Crippen LogP contribution is -2.09. The molecule has 0 fully saturated rings. The lowest BCUT2D eigenvalue weighted by Gasteiger charge is -2.13. The standard InChI is InChI=1S/C10H17NO/c1-7-8(6-11)5-9(12-7)10(2,3)4/h5H,6,11H2,1-4H3. The van der Waals surface area contributed by atoms with Crippen LogP contribution in [0.25, 0.3) is 0 Å². The number of hydrogen-bond acceptors (Lipinski definition) is 2. The molecule has 12 heavy (non-hydrogen) atoms.